The molecule has 104 heavy (non-hydrogen) atoms. The molecule has 0 aliphatic heterocycles. The Morgan fingerprint density at radius 2 is 0.519 bits per heavy atom. The van der Waals surface area contributed by atoms with Crippen LogP contribution in [0.4, 0.5) is 0 Å². The molecule has 0 heterocycles. The van der Waals surface area contributed by atoms with Crippen molar-refractivity contribution in [2.45, 2.75) is 303 Å². The van der Waals surface area contributed by atoms with Crippen LogP contribution in [-0.2, 0) is 65.4 Å². The van der Waals surface area contributed by atoms with Crippen LogP contribution in [0.2, 0.25) is 0 Å². The third kappa shape index (κ3) is 74.7. The van der Waals surface area contributed by atoms with E-state index in [4.69, 9.17) is 37.0 Å². The Balaban J connectivity index is 5.47. The van der Waals surface area contributed by atoms with Crippen LogP contribution in [0.1, 0.15) is 285 Å². The second-order valence-corrected chi connectivity index (χ2v) is 28.4. The molecule has 0 radical (unpaired) electrons. The summed E-state index contributed by atoms with van der Waals surface area (Å²) in [6, 6.07) is 0. The van der Waals surface area contributed by atoms with Gasteiger partial charge in [-0.2, -0.15) is 0 Å². The molecule has 0 fully saturated rings. The zero-order valence-electron chi connectivity index (χ0n) is 64.4. The molecule has 5 atom stereocenters. The van der Waals surface area contributed by atoms with Crippen molar-refractivity contribution in [3.05, 3.63) is 170 Å². The van der Waals surface area contributed by atoms with Gasteiger partial charge in [-0.1, -0.05) is 288 Å². The maximum atomic E-state index is 13.1. The summed E-state index contributed by atoms with van der Waals surface area (Å²) in [4.78, 5) is 72.9. The van der Waals surface area contributed by atoms with E-state index in [0.717, 1.165) is 161 Å². The number of hydrogen-bond donors (Lipinski definition) is 3. The summed E-state index contributed by atoms with van der Waals surface area (Å²) in [5.74, 6) is -2.34. The molecule has 0 rings (SSSR count). The normalized spacial score (nSPS) is 14.8. The van der Waals surface area contributed by atoms with Crippen LogP contribution in [-0.4, -0.2) is 96.7 Å². The largest absolute Gasteiger partial charge is 0.472 e. The quantitative estimate of drug-likeness (QED) is 0.0169. The number of phosphoric acid groups is 2. The first-order valence-electron chi connectivity index (χ1n) is 39.4. The first-order valence-corrected chi connectivity index (χ1v) is 42.4. The molecule has 19 heteroatoms. The van der Waals surface area contributed by atoms with Crippen LogP contribution < -0.4 is 0 Å². The molecule has 0 aromatic carbocycles. The van der Waals surface area contributed by atoms with Crippen LogP contribution in [0.3, 0.4) is 0 Å². The van der Waals surface area contributed by atoms with Gasteiger partial charge < -0.3 is 33.8 Å². The van der Waals surface area contributed by atoms with Gasteiger partial charge in [0.2, 0.25) is 0 Å². The predicted octanol–water partition coefficient (Wildman–Crippen LogP) is 23.0. The van der Waals surface area contributed by atoms with E-state index in [9.17, 15) is 43.2 Å². The molecule has 5 unspecified atom stereocenters. The van der Waals surface area contributed by atoms with E-state index in [1.54, 1.807) is 0 Å². The number of aliphatic hydroxyl groups is 1. The molecular weight excluding hydrogens is 1350 g/mol. The van der Waals surface area contributed by atoms with Gasteiger partial charge in [0.25, 0.3) is 0 Å². The minimum Gasteiger partial charge on any atom is -0.462 e. The van der Waals surface area contributed by atoms with Gasteiger partial charge in [0, 0.05) is 25.7 Å². The molecule has 0 aliphatic rings. The molecule has 0 bridgehead atoms. The third-order valence-electron chi connectivity index (χ3n) is 15.7. The Labute approximate surface area is 629 Å². The van der Waals surface area contributed by atoms with Gasteiger partial charge in [0.1, 0.15) is 19.3 Å². The van der Waals surface area contributed by atoms with Gasteiger partial charge in [-0.25, -0.2) is 9.13 Å². The molecule has 0 amide bonds. The monoisotopic (exact) mass is 1490 g/mol. The number of ether oxygens (including phenoxy) is 4. The minimum atomic E-state index is -5.01. The Morgan fingerprint density at radius 1 is 0.279 bits per heavy atom. The summed E-state index contributed by atoms with van der Waals surface area (Å²) in [6.07, 6.45) is 89.3. The number of unbranched alkanes of at least 4 members (excludes halogenated alkanes) is 18. The smallest absolute Gasteiger partial charge is 0.462 e. The van der Waals surface area contributed by atoms with E-state index in [-0.39, 0.29) is 25.7 Å². The standard InChI is InChI=1S/C85H138O17P2/c1-5-9-13-17-21-25-29-32-35-37-39-41-44-47-51-54-58-62-66-70-83(88)96-76-81(102-85(90)72-68-64-60-56-52-48-45-42-40-38-36-33-30-26-22-18-14-10-6-2)78-100-104(93,94)98-74-79(86)73-97-103(91,92)99-77-80(101-84(89)71-67-63-59-55-49-28-24-20-16-12-8-4)75-95-82(87)69-65-61-57-53-50-46-43-34-31-27-23-19-15-11-7-3/h9-11,13-15,21-23,25-27,32-36,39-43,47-48,51-52,58,62,79-81,86H,5-8,12,16-20,24,28-31,37-38,44-46,49-50,53-57,59-61,63-78H2,1-4H3,(H,91,92)(H,93,94)/b13-9-,14-10-,15-11-,25-21-,26-22-,27-23-,35-32-,36-33-,41-39-,42-40-,43-34-,51-47-,52-48-,62-58-. The minimum absolute atomic E-state index is 0.0223. The highest BCUT2D eigenvalue weighted by Gasteiger charge is 2.30. The van der Waals surface area contributed by atoms with Crippen molar-refractivity contribution in [2.24, 2.45) is 0 Å². The second-order valence-electron chi connectivity index (χ2n) is 25.5. The van der Waals surface area contributed by atoms with E-state index in [2.05, 4.69) is 180 Å². The van der Waals surface area contributed by atoms with Gasteiger partial charge in [-0.3, -0.25) is 37.3 Å². The predicted molar refractivity (Wildman–Crippen MR) is 426 cm³/mol. The van der Waals surface area contributed by atoms with Crippen molar-refractivity contribution in [1.29, 1.82) is 0 Å². The lowest BCUT2D eigenvalue weighted by Gasteiger charge is -2.21. The van der Waals surface area contributed by atoms with Crippen LogP contribution in [0.5, 0.6) is 0 Å². The van der Waals surface area contributed by atoms with E-state index in [1.165, 1.54) is 38.5 Å². The van der Waals surface area contributed by atoms with Gasteiger partial charge in [-0.15, -0.1) is 0 Å². The summed E-state index contributed by atoms with van der Waals surface area (Å²) in [6.45, 7) is 4.37. The van der Waals surface area contributed by atoms with Crippen molar-refractivity contribution in [1.82, 2.24) is 0 Å². The molecule has 0 aromatic heterocycles. The summed E-state index contributed by atoms with van der Waals surface area (Å²) in [5, 5.41) is 10.6. The van der Waals surface area contributed by atoms with Crippen LogP contribution >= 0.6 is 15.6 Å². The fraction of sp³-hybridized carbons (Fsp3) is 0.624. The fourth-order valence-corrected chi connectivity index (χ4v) is 11.4. The average Bonchev–Trinajstić information content (AvgIpc) is 0.928. The van der Waals surface area contributed by atoms with E-state index >= 15 is 0 Å². The Bertz CT molecular complexity index is 2640. The summed E-state index contributed by atoms with van der Waals surface area (Å²) in [5.41, 5.74) is 0. The maximum Gasteiger partial charge on any atom is 0.472 e. The number of carbonyl (C=O) groups is 4. The lowest BCUT2D eigenvalue weighted by Crippen LogP contribution is -2.30. The molecule has 3 N–H and O–H groups in total. The molecule has 17 nitrogen and oxygen atoms in total. The zero-order chi connectivity index (χ0) is 76.0. The third-order valence-corrected chi connectivity index (χ3v) is 17.6. The Hall–Kier alpha value is -5.58. The highest BCUT2D eigenvalue weighted by molar-refractivity contribution is 7.47. The van der Waals surface area contributed by atoms with Crippen molar-refractivity contribution < 1.29 is 80.2 Å². The zero-order valence-corrected chi connectivity index (χ0v) is 66.2. The molecular formula is C85H138O17P2. The van der Waals surface area contributed by atoms with Crippen LogP contribution in [0, 0.1) is 0 Å². The number of phosphoric ester groups is 2. The van der Waals surface area contributed by atoms with Crippen molar-refractivity contribution >= 4 is 39.5 Å². The van der Waals surface area contributed by atoms with Gasteiger partial charge in [0.15, 0.2) is 12.2 Å². The molecule has 590 valence electrons. The van der Waals surface area contributed by atoms with E-state index in [1.807, 2.05) is 18.2 Å². The number of rotatable bonds is 72. The summed E-state index contributed by atoms with van der Waals surface area (Å²) >= 11 is 0. The van der Waals surface area contributed by atoms with Crippen molar-refractivity contribution in [3.8, 4) is 0 Å². The lowest BCUT2D eigenvalue weighted by atomic mass is 10.1. The van der Waals surface area contributed by atoms with Gasteiger partial charge in [-0.05, 0) is 141 Å². The maximum absolute atomic E-state index is 13.1. The number of carbonyl (C=O) groups excluding carboxylic acids is 4. The van der Waals surface area contributed by atoms with E-state index in [0.29, 0.717) is 32.1 Å². The first kappa shape index (κ1) is 98.4. The summed E-state index contributed by atoms with van der Waals surface area (Å²) < 4.78 is 68.4. The van der Waals surface area contributed by atoms with E-state index < -0.39 is 97.5 Å². The first-order chi connectivity index (χ1) is 50.7. The topological polar surface area (TPSA) is 237 Å². The number of aliphatic hydroxyl groups excluding tert-OH is 1. The summed E-state index contributed by atoms with van der Waals surface area (Å²) in [7, 11) is -10.0. The number of allylic oxidation sites excluding steroid dienone is 28. The second kappa shape index (κ2) is 75.6. The molecule has 0 saturated heterocycles. The molecule has 0 saturated carbocycles. The number of hydrogen-bond acceptors (Lipinski definition) is 15. The fourth-order valence-electron chi connectivity index (χ4n) is 9.82. The van der Waals surface area contributed by atoms with Gasteiger partial charge >= 0.3 is 39.5 Å². The van der Waals surface area contributed by atoms with Gasteiger partial charge in [0.05, 0.1) is 26.4 Å². The highest BCUT2D eigenvalue weighted by atomic mass is 31.2. The lowest BCUT2D eigenvalue weighted by molar-refractivity contribution is -0.161. The Kier molecular flexibility index (Phi) is 71.6. The van der Waals surface area contributed by atoms with Crippen molar-refractivity contribution in [3.63, 3.8) is 0 Å². The highest BCUT2D eigenvalue weighted by Crippen LogP contribution is 2.45. The molecule has 0 aliphatic carbocycles. The van der Waals surface area contributed by atoms with Crippen molar-refractivity contribution in [2.75, 3.05) is 39.6 Å². The molecule has 0 spiro atoms. The SMILES string of the molecule is CC/C=C\C/C=C\C/C=C\C/C=C\C/C=C\C/C=C\CCC(=O)OCC(COP(=O)(O)OCC(O)COP(=O)(O)OCC(COC(=O)CCCCCCC/C=C\C/C=C\C/C=C\CC)OC(=O)CCCCCCCCCCCCC)OC(=O)CCCCC/C=C\C/C=C\C/C=C\C/C=C\C/C=C\CC. The average molecular weight is 1490 g/mol. The Morgan fingerprint density at radius 3 is 0.837 bits per heavy atom. The van der Waals surface area contributed by atoms with Crippen LogP contribution in [0.15, 0.2) is 170 Å². The van der Waals surface area contributed by atoms with Crippen LogP contribution in [0.25, 0.3) is 0 Å². The molecule has 0 aromatic rings. The number of esters is 4.